The van der Waals surface area contributed by atoms with E-state index in [1.807, 2.05) is 48.5 Å². The van der Waals surface area contributed by atoms with Gasteiger partial charge in [-0.15, -0.1) is 0 Å². The van der Waals surface area contributed by atoms with Crippen LogP contribution >= 0.6 is 0 Å². The minimum Gasteiger partial charge on any atom is -0.356 e. The SMILES string of the molecule is CC(C)CCNC(=O)c1ccccc1N1C(=O)[C@@H]2Cc3c([nH]c4ccccc34)[C@H](c3ccccc3)N2C1=O. The number of hydrogen-bond acceptors (Lipinski definition) is 3. The van der Waals surface area contributed by atoms with E-state index in [1.54, 1.807) is 29.2 Å². The number of hydrogen-bond donors (Lipinski definition) is 2. The second-order valence-electron chi connectivity index (χ2n) is 10.4. The summed E-state index contributed by atoms with van der Waals surface area (Å²) in [6.45, 7) is 4.72. The van der Waals surface area contributed by atoms with Crippen LogP contribution in [0.4, 0.5) is 10.5 Å². The predicted molar refractivity (Wildman–Crippen MR) is 147 cm³/mol. The molecule has 0 spiro atoms. The van der Waals surface area contributed by atoms with Crippen molar-refractivity contribution in [2.75, 3.05) is 11.4 Å². The van der Waals surface area contributed by atoms with Gasteiger partial charge in [-0.3, -0.25) is 14.5 Å². The molecule has 0 radical (unpaired) electrons. The third-order valence-corrected chi connectivity index (χ3v) is 7.56. The lowest BCUT2D eigenvalue weighted by Crippen LogP contribution is -2.44. The standard InChI is InChI=1S/C31H30N4O3/c1-19(2)16-17-32-29(36)22-13-7-9-15-25(22)35-30(37)26-18-23-21-12-6-8-14-24(21)33-27(23)28(34(26)31(35)38)20-10-4-3-5-11-20/h3-15,19,26,28,33H,16-18H2,1-2H3,(H,32,36)/t26-,28-/m0/s1. The summed E-state index contributed by atoms with van der Waals surface area (Å²) in [5, 5.41) is 4.01. The summed E-state index contributed by atoms with van der Waals surface area (Å²) in [5.74, 6) is -0.150. The van der Waals surface area contributed by atoms with Crippen LogP contribution in [0.15, 0.2) is 78.9 Å². The molecule has 2 aliphatic rings. The van der Waals surface area contributed by atoms with E-state index >= 15 is 0 Å². The van der Waals surface area contributed by atoms with Crippen molar-refractivity contribution in [2.24, 2.45) is 5.92 Å². The Kier molecular flexibility index (Phi) is 5.98. The summed E-state index contributed by atoms with van der Waals surface area (Å²) in [4.78, 5) is 47.7. The molecule has 0 aliphatic carbocycles. The molecule has 1 aromatic heterocycles. The molecule has 7 heteroatoms. The Morgan fingerprint density at radius 2 is 1.68 bits per heavy atom. The first kappa shape index (κ1) is 24.0. The van der Waals surface area contributed by atoms with Gasteiger partial charge in [-0.1, -0.05) is 74.5 Å². The van der Waals surface area contributed by atoms with E-state index in [1.165, 1.54) is 4.90 Å². The van der Waals surface area contributed by atoms with Gasteiger partial charge in [-0.25, -0.2) is 9.69 Å². The number of aromatic amines is 1. The quantitative estimate of drug-likeness (QED) is 0.342. The van der Waals surface area contributed by atoms with Crippen LogP contribution in [-0.2, 0) is 11.2 Å². The molecule has 1 saturated heterocycles. The zero-order chi connectivity index (χ0) is 26.4. The van der Waals surface area contributed by atoms with Crippen molar-refractivity contribution < 1.29 is 14.4 Å². The van der Waals surface area contributed by atoms with Crippen LogP contribution in [0.1, 0.15) is 53.5 Å². The van der Waals surface area contributed by atoms with Crippen molar-refractivity contribution in [1.29, 1.82) is 0 Å². The maximum absolute atomic E-state index is 14.1. The first-order valence-electron chi connectivity index (χ1n) is 13.1. The highest BCUT2D eigenvalue weighted by atomic mass is 16.2. The maximum Gasteiger partial charge on any atom is 0.332 e. The number of nitrogens with zero attached hydrogens (tertiary/aromatic N) is 2. The second kappa shape index (κ2) is 9.49. The van der Waals surface area contributed by atoms with Gasteiger partial charge in [0.05, 0.1) is 11.3 Å². The van der Waals surface area contributed by atoms with Crippen molar-refractivity contribution in [3.05, 3.63) is 101 Å². The first-order chi connectivity index (χ1) is 18.5. The molecule has 7 nitrogen and oxygen atoms in total. The lowest BCUT2D eigenvalue weighted by molar-refractivity contribution is -0.120. The highest BCUT2D eigenvalue weighted by Gasteiger charge is 2.53. The highest BCUT2D eigenvalue weighted by Crippen LogP contribution is 2.45. The van der Waals surface area contributed by atoms with Gasteiger partial charge in [0, 0.05) is 29.6 Å². The van der Waals surface area contributed by atoms with Crippen LogP contribution in [0.2, 0.25) is 0 Å². The van der Waals surface area contributed by atoms with E-state index < -0.39 is 18.1 Å². The molecular formula is C31H30N4O3. The number of anilines is 1. The first-order valence-corrected chi connectivity index (χ1v) is 13.1. The Balaban J connectivity index is 1.42. The molecule has 0 bridgehead atoms. The number of H-pyrrole nitrogens is 1. The summed E-state index contributed by atoms with van der Waals surface area (Å²) >= 11 is 0. The van der Waals surface area contributed by atoms with Crippen LogP contribution in [0.25, 0.3) is 10.9 Å². The number of nitrogens with one attached hydrogen (secondary N) is 2. The van der Waals surface area contributed by atoms with E-state index in [9.17, 15) is 14.4 Å². The van der Waals surface area contributed by atoms with Crippen molar-refractivity contribution in [3.8, 4) is 0 Å². The molecule has 192 valence electrons. The normalized spacial score (nSPS) is 18.7. The number of rotatable bonds is 6. The molecule has 2 aliphatic heterocycles. The topological polar surface area (TPSA) is 85.5 Å². The molecular weight excluding hydrogens is 476 g/mol. The van der Waals surface area contributed by atoms with Crippen LogP contribution in [0.5, 0.6) is 0 Å². The van der Waals surface area contributed by atoms with E-state index in [4.69, 9.17) is 0 Å². The molecule has 2 N–H and O–H groups in total. The van der Waals surface area contributed by atoms with Crippen LogP contribution < -0.4 is 10.2 Å². The molecule has 4 aromatic rings. The summed E-state index contributed by atoms with van der Waals surface area (Å²) in [5.41, 5.74) is 4.53. The average molecular weight is 507 g/mol. The van der Waals surface area contributed by atoms with E-state index in [0.717, 1.165) is 34.1 Å². The Hall–Kier alpha value is -4.39. The van der Waals surface area contributed by atoms with Crippen LogP contribution in [-0.4, -0.2) is 40.3 Å². The number of benzene rings is 3. The van der Waals surface area contributed by atoms with Gasteiger partial charge in [0.25, 0.3) is 11.8 Å². The summed E-state index contributed by atoms with van der Waals surface area (Å²) in [6.07, 6.45) is 1.25. The van der Waals surface area contributed by atoms with Gasteiger partial charge < -0.3 is 10.3 Å². The number of carbonyl (C=O) groups is 3. The number of imide groups is 1. The number of carbonyl (C=O) groups excluding carboxylic acids is 3. The number of urea groups is 1. The van der Waals surface area contributed by atoms with Crippen molar-refractivity contribution in [2.45, 2.75) is 38.8 Å². The molecule has 1 fully saturated rings. The highest BCUT2D eigenvalue weighted by molar-refractivity contribution is 6.24. The van der Waals surface area contributed by atoms with Gasteiger partial charge in [-0.2, -0.15) is 0 Å². The fraction of sp³-hybridized carbons (Fsp3) is 0.258. The smallest absolute Gasteiger partial charge is 0.332 e. The van der Waals surface area contributed by atoms with E-state index in [2.05, 4.69) is 30.2 Å². The number of para-hydroxylation sites is 2. The fourth-order valence-electron chi connectivity index (χ4n) is 5.71. The zero-order valence-corrected chi connectivity index (χ0v) is 21.5. The van der Waals surface area contributed by atoms with Gasteiger partial charge in [0.1, 0.15) is 12.1 Å². The van der Waals surface area contributed by atoms with E-state index in [-0.39, 0.29) is 11.8 Å². The number of aromatic nitrogens is 1. The van der Waals surface area contributed by atoms with Crippen molar-refractivity contribution in [1.82, 2.24) is 15.2 Å². The van der Waals surface area contributed by atoms with Gasteiger partial charge >= 0.3 is 6.03 Å². The molecule has 4 amide bonds. The van der Waals surface area contributed by atoms with Crippen molar-refractivity contribution in [3.63, 3.8) is 0 Å². The number of fused-ring (bicyclic) bond motifs is 4. The summed E-state index contributed by atoms with van der Waals surface area (Å²) < 4.78 is 0. The molecule has 2 atom stereocenters. The van der Waals surface area contributed by atoms with Gasteiger partial charge in [0.2, 0.25) is 0 Å². The minimum atomic E-state index is -0.670. The Labute approximate surface area is 221 Å². The average Bonchev–Trinajstić information content (AvgIpc) is 3.42. The molecule has 6 rings (SSSR count). The molecule has 0 saturated carbocycles. The third kappa shape index (κ3) is 3.86. The molecule has 3 heterocycles. The third-order valence-electron chi connectivity index (χ3n) is 7.56. The lowest BCUT2D eigenvalue weighted by Gasteiger charge is -2.36. The van der Waals surface area contributed by atoms with Crippen molar-refractivity contribution >= 4 is 34.4 Å². The van der Waals surface area contributed by atoms with Crippen LogP contribution in [0, 0.1) is 5.92 Å². The molecule has 38 heavy (non-hydrogen) atoms. The zero-order valence-electron chi connectivity index (χ0n) is 21.5. The van der Waals surface area contributed by atoms with Gasteiger partial charge in [0.15, 0.2) is 0 Å². The Morgan fingerprint density at radius 1 is 0.974 bits per heavy atom. The maximum atomic E-state index is 14.1. The predicted octanol–water partition coefficient (Wildman–Crippen LogP) is 5.43. The Morgan fingerprint density at radius 3 is 2.47 bits per heavy atom. The summed E-state index contributed by atoms with van der Waals surface area (Å²) in [6, 6.07) is 23.1. The van der Waals surface area contributed by atoms with E-state index in [0.29, 0.717) is 30.1 Å². The second-order valence-corrected chi connectivity index (χ2v) is 10.4. The molecule has 3 aromatic carbocycles. The fourth-order valence-corrected chi connectivity index (χ4v) is 5.71. The monoisotopic (exact) mass is 506 g/mol. The number of amides is 4. The van der Waals surface area contributed by atoms with Crippen LogP contribution in [0.3, 0.4) is 0 Å². The molecule has 0 unspecified atom stereocenters. The minimum absolute atomic E-state index is 0.289. The lowest BCUT2D eigenvalue weighted by atomic mass is 9.89. The summed E-state index contributed by atoms with van der Waals surface area (Å²) in [7, 11) is 0. The largest absolute Gasteiger partial charge is 0.356 e. The Bertz CT molecular complexity index is 1540. The van der Waals surface area contributed by atoms with Gasteiger partial charge in [-0.05, 0) is 41.7 Å².